The van der Waals surface area contributed by atoms with Crippen molar-refractivity contribution in [3.05, 3.63) is 164 Å². The minimum Gasteiger partial charge on any atom is -0.307 e. The van der Waals surface area contributed by atoms with E-state index in [1.807, 2.05) is 0 Å². The van der Waals surface area contributed by atoms with Gasteiger partial charge in [0, 0.05) is 58.6 Å². The Bertz CT molecular complexity index is 3960. The first-order valence-electron chi connectivity index (χ1n) is 19.0. The van der Waals surface area contributed by atoms with Crippen LogP contribution in [-0.2, 0) is 0 Å². The number of hydrogen-bond acceptors (Lipinski definition) is 3. The first-order valence-corrected chi connectivity index (χ1v) is 19.8. The van der Waals surface area contributed by atoms with Crippen molar-refractivity contribution < 1.29 is 0 Å². The van der Waals surface area contributed by atoms with Gasteiger partial charge in [-0.3, -0.25) is 9.13 Å². The van der Waals surface area contributed by atoms with Gasteiger partial charge in [-0.25, -0.2) is 4.98 Å². The Morgan fingerprint density at radius 3 is 1.68 bits per heavy atom. The smallest absolute Gasteiger partial charge is 0.237 e. The second kappa shape index (κ2) is 10.3. The summed E-state index contributed by atoms with van der Waals surface area (Å²) < 4.78 is 9.50. The summed E-state index contributed by atoms with van der Waals surface area (Å²) in [7, 11) is 0. The molecule has 0 radical (unpaired) electrons. The normalized spacial score (nSPS) is 12.6. The minimum atomic E-state index is 0.664. The van der Waals surface area contributed by atoms with Gasteiger partial charge >= 0.3 is 0 Å². The quantitative estimate of drug-likeness (QED) is 0.178. The van der Waals surface area contributed by atoms with E-state index in [0.717, 1.165) is 43.5 Å². The Labute approximate surface area is 321 Å². The largest absolute Gasteiger partial charge is 0.307 e. The number of hydrogen-bond donors (Lipinski definition) is 0. The Kier molecular flexibility index (Phi) is 5.34. The van der Waals surface area contributed by atoms with E-state index < -0.39 is 0 Å². The fraction of sp³-hybridized carbons (Fsp3) is 0. The third-order valence-corrected chi connectivity index (χ3v) is 13.3. The monoisotopic (exact) mass is 729 g/mol. The van der Waals surface area contributed by atoms with Gasteiger partial charge < -0.3 is 4.40 Å². The summed E-state index contributed by atoms with van der Waals surface area (Å²) in [6, 6.07) is 59.5. The number of aromatic nitrogens is 5. The zero-order valence-electron chi connectivity index (χ0n) is 29.7. The van der Waals surface area contributed by atoms with Crippen LogP contribution in [0.2, 0.25) is 0 Å². The van der Waals surface area contributed by atoms with E-state index in [1.54, 1.807) is 11.3 Å². The second-order valence-corrected chi connectivity index (χ2v) is 16.0. The molecule has 0 unspecified atom stereocenters. The maximum Gasteiger partial charge on any atom is 0.237 e. The molecular formula is C50H27N5S. The molecule has 0 amide bonds. The van der Waals surface area contributed by atoms with Crippen LogP contribution in [0.15, 0.2) is 164 Å². The van der Waals surface area contributed by atoms with Gasteiger partial charge in [-0.2, -0.15) is 4.98 Å². The first-order chi connectivity index (χ1) is 27.8. The highest BCUT2D eigenvalue weighted by atomic mass is 32.1. The lowest BCUT2D eigenvalue weighted by atomic mass is 10.0. The number of rotatable bonds is 2. The molecule has 0 N–H and O–H groups in total. The molecule has 56 heavy (non-hydrogen) atoms. The molecule has 0 bridgehead atoms. The zero-order chi connectivity index (χ0) is 36.2. The van der Waals surface area contributed by atoms with Gasteiger partial charge in [0.05, 0.1) is 48.8 Å². The summed E-state index contributed by atoms with van der Waals surface area (Å²) in [6.45, 7) is 0. The topological polar surface area (TPSA) is 40.0 Å². The van der Waals surface area contributed by atoms with Gasteiger partial charge in [-0.05, 0) is 41.8 Å². The summed E-state index contributed by atoms with van der Waals surface area (Å²) in [4.78, 5) is 11.3. The summed E-state index contributed by atoms with van der Waals surface area (Å²) in [6.07, 6.45) is 0. The fourth-order valence-corrected chi connectivity index (χ4v) is 11.1. The molecule has 0 aliphatic heterocycles. The predicted octanol–water partition coefficient (Wildman–Crippen LogP) is 13.3. The average Bonchev–Trinajstić information content (AvgIpc) is 4.05. The molecule has 14 aromatic rings. The third kappa shape index (κ3) is 3.47. The molecule has 5 nitrogen and oxygen atoms in total. The van der Waals surface area contributed by atoms with Crippen LogP contribution in [0.1, 0.15) is 0 Å². The van der Waals surface area contributed by atoms with Gasteiger partial charge in [0.1, 0.15) is 0 Å². The summed E-state index contributed by atoms with van der Waals surface area (Å²) in [5, 5.41) is 13.4. The van der Waals surface area contributed by atoms with Gasteiger partial charge in [0.2, 0.25) is 5.95 Å². The molecule has 6 aromatic heterocycles. The van der Waals surface area contributed by atoms with E-state index in [1.165, 1.54) is 75.1 Å². The van der Waals surface area contributed by atoms with Crippen molar-refractivity contribution in [1.29, 1.82) is 0 Å². The lowest BCUT2D eigenvalue weighted by Gasteiger charge is -2.13. The summed E-state index contributed by atoms with van der Waals surface area (Å²) in [5.74, 6) is 1.56. The van der Waals surface area contributed by atoms with Crippen LogP contribution in [0, 0.1) is 0 Å². The molecule has 0 aliphatic carbocycles. The lowest BCUT2D eigenvalue weighted by Crippen LogP contribution is -2.06. The van der Waals surface area contributed by atoms with Crippen molar-refractivity contribution >= 4 is 124 Å². The van der Waals surface area contributed by atoms with E-state index in [2.05, 4.69) is 177 Å². The molecule has 0 spiro atoms. The third-order valence-electron chi connectivity index (χ3n) is 12.2. The fourth-order valence-electron chi connectivity index (χ4n) is 9.93. The number of nitrogens with zero attached hydrogens (tertiary/aromatic N) is 5. The first kappa shape index (κ1) is 29.1. The number of fused-ring (bicyclic) bond motifs is 18. The highest BCUT2D eigenvalue weighted by molar-refractivity contribution is 7.26. The van der Waals surface area contributed by atoms with Crippen LogP contribution in [-0.4, -0.2) is 23.5 Å². The Morgan fingerprint density at radius 1 is 0.393 bits per heavy atom. The lowest BCUT2D eigenvalue weighted by molar-refractivity contribution is 0.978. The molecule has 6 heteroatoms. The minimum absolute atomic E-state index is 0.664. The van der Waals surface area contributed by atoms with Crippen molar-refractivity contribution in [3.63, 3.8) is 0 Å². The van der Waals surface area contributed by atoms with Crippen LogP contribution in [0.5, 0.6) is 0 Å². The van der Waals surface area contributed by atoms with E-state index in [-0.39, 0.29) is 0 Å². The number of para-hydroxylation sites is 4. The standard InChI is InChI=1S/C50H27N5S/c1-2-14-29-28(13-1)25-26-35-43-46-36(32-17-5-10-22-40(32)54(46)45(29)35)27-37-33-18-6-11-23-41(33)55(47(37)43)50-51-44-34-19-7-12-24-42(34)56-48(44)49(52-50)53-38-20-8-3-15-30(38)31-16-4-9-21-39(31)53/h1-27H. The van der Waals surface area contributed by atoms with Gasteiger partial charge in [0.15, 0.2) is 5.82 Å². The molecule has 8 aromatic carbocycles. The molecule has 0 fully saturated rings. The number of thiophene rings is 1. The van der Waals surface area contributed by atoms with Crippen molar-refractivity contribution in [2.24, 2.45) is 0 Å². The summed E-state index contributed by atoms with van der Waals surface area (Å²) >= 11 is 1.77. The van der Waals surface area contributed by atoms with Crippen LogP contribution >= 0.6 is 11.3 Å². The SMILES string of the molecule is c1ccc2c(c1)ccc1c3c4c(cc5c6ccccc6n(c21)c53)c1ccccc1n4-c1nc(-n2c3ccccc3c3ccccc32)c2sc3ccccc3c2n1. The number of benzene rings is 8. The molecule has 0 aliphatic rings. The van der Waals surface area contributed by atoms with Gasteiger partial charge in [-0.15, -0.1) is 11.3 Å². The molecule has 0 saturated heterocycles. The molecular weight excluding hydrogens is 703 g/mol. The van der Waals surface area contributed by atoms with E-state index >= 15 is 0 Å². The van der Waals surface area contributed by atoms with Crippen molar-refractivity contribution in [1.82, 2.24) is 23.5 Å². The van der Waals surface area contributed by atoms with Crippen LogP contribution in [0.3, 0.4) is 0 Å². The predicted molar refractivity (Wildman–Crippen MR) is 236 cm³/mol. The molecule has 6 heterocycles. The summed E-state index contributed by atoms with van der Waals surface area (Å²) in [5.41, 5.74) is 9.13. The van der Waals surface area contributed by atoms with Crippen molar-refractivity contribution in [3.8, 4) is 11.8 Å². The maximum absolute atomic E-state index is 5.72. The van der Waals surface area contributed by atoms with Gasteiger partial charge in [0.25, 0.3) is 0 Å². The highest BCUT2D eigenvalue weighted by Gasteiger charge is 2.27. The maximum atomic E-state index is 5.72. The molecule has 0 saturated carbocycles. The van der Waals surface area contributed by atoms with Crippen LogP contribution in [0.25, 0.3) is 125 Å². The Hall–Kier alpha value is -7.28. The van der Waals surface area contributed by atoms with Crippen molar-refractivity contribution in [2.75, 3.05) is 0 Å². The molecule has 0 atom stereocenters. The molecule has 258 valence electrons. The van der Waals surface area contributed by atoms with Crippen LogP contribution in [0.4, 0.5) is 0 Å². The average molecular weight is 730 g/mol. The van der Waals surface area contributed by atoms with Crippen LogP contribution < -0.4 is 0 Å². The van der Waals surface area contributed by atoms with E-state index in [4.69, 9.17) is 9.97 Å². The highest BCUT2D eigenvalue weighted by Crippen LogP contribution is 2.48. The Morgan fingerprint density at radius 2 is 0.946 bits per heavy atom. The second-order valence-electron chi connectivity index (χ2n) is 14.9. The molecule has 14 rings (SSSR count). The zero-order valence-corrected chi connectivity index (χ0v) is 30.5. The van der Waals surface area contributed by atoms with Gasteiger partial charge in [-0.1, -0.05) is 127 Å². The Balaban J connectivity index is 1.23. The van der Waals surface area contributed by atoms with Crippen molar-refractivity contribution in [2.45, 2.75) is 0 Å². The van der Waals surface area contributed by atoms with E-state index in [9.17, 15) is 0 Å². The van der Waals surface area contributed by atoms with E-state index in [0.29, 0.717) is 5.95 Å².